The maximum absolute atomic E-state index is 2.71. The second-order valence-electron chi connectivity index (χ2n) is 7.51. The van der Waals surface area contributed by atoms with E-state index in [4.69, 9.17) is 0 Å². The van der Waals surface area contributed by atoms with Gasteiger partial charge in [0.1, 0.15) is 6.54 Å². The topological polar surface area (TPSA) is 3.01 Å². The molecule has 0 saturated carbocycles. The molecule has 5 rings (SSSR count). The highest BCUT2D eigenvalue weighted by Crippen LogP contribution is 2.27. The van der Waals surface area contributed by atoms with Crippen molar-refractivity contribution in [3.05, 3.63) is 106 Å². The zero-order chi connectivity index (χ0) is 17.3. The highest BCUT2D eigenvalue weighted by atomic mass is 15.1. The Morgan fingerprint density at radius 1 is 0.808 bits per heavy atom. The molecule has 0 aromatic heterocycles. The zero-order valence-electron chi connectivity index (χ0n) is 15.0. The van der Waals surface area contributed by atoms with E-state index >= 15 is 0 Å². The second kappa shape index (κ2) is 6.57. The smallest absolute Gasteiger partial charge is 0.210 e. The number of para-hydroxylation sites is 1. The van der Waals surface area contributed by atoms with Gasteiger partial charge in [0.25, 0.3) is 0 Å². The third kappa shape index (κ3) is 2.68. The molecule has 0 aliphatic carbocycles. The molecule has 0 spiro atoms. The molecule has 0 N–H and O–H groups in total. The van der Waals surface area contributed by atoms with Crippen molar-refractivity contribution >= 4 is 6.08 Å². The molecule has 0 radical (unpaired) electrons. The SMILES string of the molecule is C1=c2cccc3c2=[N+](CCC3)[C@@H](Cc2ccccc2)[C@@H]1c1ccccc1. The summed E-state index contributed by atoms with van der Waals surface area (Å²) in [6.45, 7) is 1.17. The van der Waals surface area contributed by atoms with Gasteiger partial charge in [0.15, 0.2) is 6.04 Å². The summed E-state index contributed by atoms with van der Waals surface area (Å²) in [5, 5.41) is 2.91. The number of benzene rings is 3. The molecule has 2 heterocycles. The van der Waals surface area contributed by atoms with Crippen molar-refractivity contribution in [1.29, 1.82) is 0 Å². The van der Waals surface area contributed by atoms with Gasteiger partial charge in [-0.3, -0.25) is 0 Å². The number of hydrogen-bond donors (Lipinski definition) is 0. The first kappa shape index (κ1) is 15.6. The summed E-state index contributed by atoms with van der Waals surface area (Å²) >= 11 is 0. The Kier molecular flexibility index (Phi) is 3.93. The van der Waals surface area contributed by atoms with Crippen molar-refractivity contribution in [1.82, 2.24) is 4.58 Å². The van der Waals surface area contributed by atoms with Crippen LogP contribution in [-0.2, 0) is 12.8 Å². The van der Waals surface area contributed by atoms with E-state index in [1.54, 1.807) is 0 Å². The molecule has 0 saturated heterocycles. The Morgan fingerprint density at radius 2 is 1.58 bits per heavy atom. The molecule has 0 bridgehead atoms. The van der Waals surface area contributed by atoms with Crippen LogP contribution in [0.15, 0.2) is 78.9 Å². The third-order valence-electron chi connectivity index (χ3n) is 5.93. The summed E-state index contributed by atoms with van der Waals surface area (Å²) in [4.78, 5) is 0. The Balaban J connectivity index is 1.71. The predicted octanol–water partition coefficient (Wildman–Crippen LogP) is 3.31. The zero-order valence-corrected chi connectivity index (χ0v) is 15.0. The Bertz CT molecular complexity index is 1030. The maximum Gasteiger partial charge on any atom is 0.210 e. The van der Waals surface area contributed by atoms with Crippen molar-refractivity contribution in [2.75, 3.05) is 6.54 Å². The van der Waals surface area contributed by atoms with Crippen LogP contribution in [0.2, 0.25) is 0 Å². The van der Waals surface area contributed by atoms with E-state index in [0.29, 0.717) is 12.0 Å². The average Bonchev–Trinajstić information content (AvgIpc) is 2.71. The number of aryl methyl sites for hydroxylation is 1. The minimum absolute atomic E-state index is 0.428. The first-order valence-corrected chi connectivity index (χ1v) is 9.72. The minimum Gasteiger partial charge on any atom is -0.225 e. The lowest BCUT2D eigenvalue weighted by molar-refractivity contribution is 0.379. The van der Waals surface area contributed by atoms with E-state index in [0.717, 1.165) is 6.42 Å². The van der Waals surface area contributed by atoms with Crippen LogP contribution >= 0.6 is 0 Å². The van der Waals surface area contributed by atoms with Crippen LogP contribution in [0.1, 0.15) is 29.0 Å². The van der Waals surface area contributed by atoms with E-state index in [1.165, 1.54) is 46.7 Å². The predicted molar refractivity (Wildman–Crippen MR) is 108 cm³/mol. The van der Waals surface area contributed by atoms with Crippen molar-refractivity contribution in [3.8, 4) is 0 Å². The molecule has 1 nitrogen and oxygen atoms in total. The van der Waals surface area contributed by atoms with Gasteiger partial charge in [0.2, 0.25) is 5.36 Å². The molecule has 2 aliphatic rings. The summed E-state index contributed by atoms with van der Waals surface area (Å²) in [7, 11) is 0. The second-order valence-corrected chi connectivity index (χ2v) is 7.51. The highest BCUT2D eigenvalue weighted by Gasteiger charge is 2.36. The molecular weight excluding hydrogens is 314 g/mol. The van der Waals surface area contributed by atoms with Crippen LogP contribution < -0.4 is 15.2 Å². The standard InChI is InChI=1S/C25H24N/c1-3-9-19(10-4-1)17-24-23(20-11-5-2-6-12-20)18-22-14-7-13-21-15-8-16-26(24)25(21)22/h1-7,9-14,18,23-24H,8,15-17H2/q+1/t23-,24-/m0/s1. The van der Waals surface area contributed by atoms with Crippen LogP contribution in [-0.4, -0.2) is 12.6 Å². The van der Waals surface area contributed by atoms with Gasteiger partial charge in [-0.2, -0.15) is 0 Å². The van der Waals surface area contributed by atoms with Crippen LogP contribution in [0.3, 0.4) is 0 Å². The lowest BCUT2D eigenvalue weighted by Crippen LogP contribution is -2.56. The first-order chi connectivity index (χ1) is 12.9. The highest BCUT2D eigenvalue weighted by molar-refractivity contribution is 5.45. The fourth-order valence-corrected chi connectivity index (χ4v) is 4.77. The Labute approximate surface area is 155 Å². The molecule has 0 fully saturated rings. The van der Waals surface area contributed by atoms with Gasteiger partial charge in [-0.25, -0.2) is 4.58 Å². The van der Waals surface area contributed by atoms with Gasteiger partial charge in [0, 0.05) is 23.6 Å². The summed E-state index contributed by atoms with van der Waals surface area (Å²) in [6.07, 6.45) is 6.07. The van der Waals surface area contributed by atoms with Crippen molar-refractivity contribution in [3.63, 3.8) is 0 Å². The normalized spacial score (nSPS) is 21.0. The lowest BCUT2D eigenvalue weighted by atomic mass is 9.83. The fourth-order valence-electron chi connectivity index (χ4n) is 4.77. The van der Waals surface area contributed by atoms with Crippen LogP contribution in [0.25, 0.3) is 6.08 Å². The van der Waals surface area contributed by atoms with E-state index in [1.807, 2.05) is 0 Å². The van der Waals surface area contributed by atoms with Gasteiger partial charge < -0.3 is 0 Å². The van der Waals surface area contributed by atoms with Gasteiger partial charge in [-0.1, -0.05) is 78.9 Å². The molecule has 3 aromatic rings. The average molecular weight is 338 g/mol. The molecule has 2 atom stereocenters. The molecule has 1 heteroatoms. The minimum atomic E-state index is 0.428. The fraction of sp³-hybridized carbons (Fsp3) is 0.240. The number of hydrogen-bond acceptors (Lipinski definition) is 0. The van der Waals surface area contributed by atoms with Crippen LogP contribution in [0.4, 0.5) is 0 Å². The molecule has 0 amide bonds. The van der Waals surface area contributed by atoms with Gasteiger partial charge >= 0.3 is 0 Å². The number of rotatable bonds is 3. The van der Waals surface area contributed by atoms with Gasteiger partial charge in [0.05, 0.1) is 5.92 Å². The lowest BCUT2D eigenvalue weighted by Gasteiger charge is -2.29. The Hall–Kier alpha value is -2.67. The quantitative estimate of drug-likeness (QED) is 0.645. The largest absolute Gasteiger partial charge is 0.225 e. The monoisotopic (exact) mass is 338 g/mol. The number of nitrogens with zero attached hydrogens (tertiary/aromatic N) is 1. The Morgan fingerprint density at radius 3 is 2.38 bits per heavy atom. The molecule has 0 unspecified atom stereocenters. The van der Waals surface area contributed by atoms with Gasteiger partial charge in [-0.15, -0.1) is 0 Å². The first-order valence-electron chi connectivity index (χ1n) is 9.72. The van der Waals surface area contributed by atoms with E-state index in [2.05, 4.69) is 89.5 Å². The molecule has 128 valence electrons. The summed E-state index contributed by atoms with van der Waals surface area (Å²) in [5.74, 6) is 0.428. The molecule has 26 heavy (non-hydrogen) atoms. The van der Waals surface area contributed by atoms with Gasteiger partial charge in [-0.05, 0) is 23.6 Å². The van der Waals surface area contributed by atoms with E-state index < -0.39 is 0 Å². The van der Waals surface area contributed by atoms with Crippen LogP contribution in [0.5, 0.6) is 0 Å². The van der Waals surface area contributed by atoms with Crippen molar-refractivity contribution in [2.24, 2.45) is 0 Å². The van der Waals surface area contributed by atoms with E-state index in [9.17, 15) is 0 Å². The maximum atomic E-state index is 2.71. The third-order valence-corrected chi connectivity index (χ3v) is 5.93. The van der Waals surface area contributed by atoms with Crippen molar-refractivity contribution < 1.29 is 0 Å². The van der Waals surface area contributed by atoms with Crippen LogP contribution in [0, 0.1) is 0 Å². The molecule has 3 aromatic carbocycles. The molecular formula is C25H24N+. The van der Waals surface area contributed by atoms with Crippen molar-refractivity contribution in [2.45, 2.75) is 31.2 Å². The molecule has 2 aliphatic heterocycles. The summed E-state index contributed by atoms with van der Waals surface area (Å²) < 4.78 is 2.71. The summed E-state index contributed by atoms with van der Waals surface area (Å²) in [5.41, 5.74) is 4.38. The van der Waals surface area contributed by atoms with E-state index in [-0.39, 0.29) is 0 Å². The summed E-state index contributed by atoms with van der Waals surface area (Å²) in [6, 6.07) is 29.3.